The van der Waals surface area contributed by atoms with Gasteiger partial charge in [-0.1, -0.05) is 43.6 Å². The van der Waals surface area contributed by atoms with Gasteiger partial charge in [-0.15, -0.1) is 0 Å². The topological polar surface area (TPSA) is 64.4 Å². The van der Waals surface area contributed by atoms with Gasteiger partial charge >= 0.3 is 0 Å². The van der Waals surface area contributed by atoms with Gasteiger partial charge in [-0.3, -0.25) is 5.10 Å². The fourth-order valence-corrected chi connectivity index (χ4v) is 2.91. The van der Waals surface area contributed by atoms with E-state index < -0.39 is 0 Å². The number of benzene rings is 2. The molecule has 3 aromatic rings. The maximum atomic E-state index is 6.04. The molecule has 0 aliphatic heterocycles. The van der Waals surface area contributed by atoms with Crippen molar-refractivity contribution in [3.05, 3.63) is 69.2 Å². The second kappa shape index (κ2) is 9.03. The van der Waals surface area contributed by atoms with E-state index >= 15 is 0 Å². The van der Waals surface area contributed by atoms with Gasteiger partial charge in [-0.25, -0.2) is 0 Å². The molecule has 0 amide bonds. The molecule has 146 valence electrons. The summed E-state index contributed by atoms with van der Waals surface area (Å²) in [5, 5.41) is 12.2. The van der Waals surface area contributed by atoms with Gasteiger partial charge in [0.25, 0.3) is 0 Å². The van der Waals surface area contributed by atoms with Crippen molar-refractivity contribution in [3.8, 4) is 11.5 Å². The first-order chi connectivity index (χ1) is 13.5. The lowest BCUT2D eigenvalue weighted by Crippen LogP contribution is -2.03. The molecule has 0 atom stereocenters. The van der Waals surface area contributed by atoms with Crippen LogP contribution in [0.3, 0.4) is 0 Å². The van der Waals surface area contributed by atoms with E-state index in [0.29, 0.717) is 27.9 Å². The van der Waals surface area contributed by atoms with Crippen LogP contribution in [-0.4, -0.2) is 28.2 Å². The van der Waals surface area contributed by atoms with Crippen molar-refractivity contribution in [1.82, 2.24) is 14.9 Å². The second-order valence-corrected chi connectivity index (χ2v) is 7.21. The molecular formula is C20H21ClN4O2S. The monoisotopic (exact) mass is 416 g/mol. The minimum absolute atomic E-state index is 0.177. The van der Waals surface area contributed by atoms with E-state index in [9.17, 15) is 0 Å². The van der Waals surface area contributed by atoms with E-state index in [1.54, 1.807) is 18.0 Å². The first kappa shape index (κ1) is 20.1. The lowest BCUT2D eigenvalue weighted by molar-refractivity contribution is 0.284. The maximum absolute atomic E-state index is 6.04. The lowest BCUT2D eigenvalue weighted by atomic mass is 10.2. The standard InChI is InChI=1S/C20H21ClN4O2S/c1-13(2)19-23-24-20(28)25(19)22-11-15-5-4-6-17(26-3)18(15)27-12-14-7-9-16(21)10-8-14/h4-11,13H,12H2,1-3H3,(H,24,28)/b22-11-. The van der Waals surface area contributed by atoms with Gasteiger partial charge in [0.15, 0.2) is 17.3 Å². The number of rotatable bonds is 7. The predicted octanol–water partition coefficient (Wildman–Crippen LogP) is 5.19. The lowest BCUT2D eigenvalue weighted by Gasteiger charge is -2.13. The van der Waals surface area contributed by atoms with Crippen molar-refractivity contribution >= 4 is 30.0 Å². The van der Waals surface area contributed by atoms with Crippen LogP contribution >= 0.6 is 23.8 Å². The van der Waals surface area contributed by atoms with E-state index in [1.807, 2.05) is 56.3 Å². The summed E-state index contributed by atoms with van der Waals surface area (Å²) in [4.78, 5) is 0. The van der Waals surface area contributed by atoms with Crippen LogP contribution in [0.1, 0.15) is 36.7 Å². The van der Waals surface area contributed by atoms with Crippen molar-refractivity contribution in [2.24, 2.45) is 5.10 Å². The fourth-order valence-electron chi connectivity index (χ4n) is 2.59. The summed E-state index contributed by atoms with van der Waals surface area (Å²) in [6.07, 6.45) is 1.69. The minimum Gasteiger partial charge on any atom is -0.493 e. The number of hydrogen-bond donors (Lipinski definition) is 1. The molecule has 0 aliphatic rings. The maximum Gasteiger partial charge on any atom is 0.216 e. The van der Waals surface area contributed by atoms with Crippen molar-refractivity contribution in [1.29, 1.82) is 0 Å². The molecule has 0 aliphatic carbocycles. The van der Waals surface area contributed by atoms with Gasteiger partial charge in [0, 0.05) is 16.5 Å². The molecule has 0 spiro atoms. The van der Waals surface area contributed by atoms with Crippen LogP contribution in [0.5, 0.6) is 11.5 Å². The molecule has 6 nitrogen and oxygen atoms in total. The SMILES string of the molecule is COc1cccc(/C=N\n2c(C(C)C)n[nH]c2=S)c1OCc1ccc(Cl)cc1. The van der Waals surface area contributed by atoms with Crippen LogP contribution in [0, 0.1) is 4.77 Å². The van der Waals surface area contributed by atoms with Crippen LogP contribution < -0.4 is 9.47 Å². The Kier molecular flexibility index (Phi) is 6.49. The normalized spacial score (nSPS) is 11.3. The molecule has 1 aromatic heterocycles. The number of ether oxygens (including phenoxy) is 2. The van der Waals surface area contributed by atoms with Crippen molar-refractivity contribution in [3.63, 3.8) is 0 Å². The molecule has 0 saturated heterocycles. The molecule has 0 bridgehead atoms. The van der Waals surface area contributed by atoms with Crippen molar-refractivity contribution in [2.75, 3.05) is 7.11 Å². The molecule has 0 saturated carbocycles. The third-order valence-corrected chi connectivity index (χ3v) is 4.55. The van der Waals surface area contributed by atoms with Gasteiger partial charge < -0.3 is 9.47 Å². The number of nitrogens with zero attached hydrogens (tertiary/aromatic N) is 3. The number of para-hydroxylation sites is 1. The zero-order valence-corrected chi connectivity index (χ0v) is 17.4. The van der Waals surface area contributed by atoms with Gasteiger partial charge in [-0.05, 0) is 42.0 Å². The fraction of sp³-hybridized carbons (Fsp3) is 0.250. The summed E-state index contributed by atoms with van der Waals surface area (Å²) >= 11 is 11.2. The third-order valence-electron chi connectivity index (χ3n) is 4.03. The average Bonchev–Trinajstić information content (AvgIpc) is 3.06. The number of methoxy groups -OCH3 is 1. The zero-order valence-electron chi connectivity index (χ0n) is 15.8. The molecule has 1 heterocycles. The number of halogens is 1. The largest absolute Gasteiger partial charge is 0.493 e. The summed E-state index contributed by atoms with van der Waals surface area (Å²) in [6, 6.07) is 13.1. The summed E-state index contributed by atoms with van der Waals surface area (Å²) in [6.45, 7) is 4.44. The molecule has 28 heavy (non-hydrogen) atoms. The molecule has 0 unspecified atom stereocenters. The molecule has 1 N–H and O–H groups in total. The van der Waals surface area contributed by atoms with Crippen LogP contribution in [0.4, 0.5) is 0 Å². The highest BCUT2D eigenvalue weighted by Gasteiger charge is 2.12. The number of hydrogen-bond acceptors (Lipinski definition) is 5. The van der Waals surface area contributed by atoms with Crippen molar-refractivity contribution in [2.45, 2.75) is 26.4 Å². The third kappa shape index (κ3) is 4.61. The van der Waals surface area contributed by atoms with E-state index in [4.69, 9.17) is 33.3 Å². The number of aromatic nitrogens is 3. The molecule has 8 heteroatoms. The number of nitrogens with one attached hydrogen (secondary N) is 1. The Morgan fingerprint density at radius 3 is 2.68 bits per heavy atom. The van der Waals surface area contributed by atoms with Gasteiger partial charge in [0.05, 0.1) is 13.3 Å². The number of H-pyrrole nitrogens is 1. The van der Waals surface area contributed by atoms with Crippen LogP contribution in [0.2, 0.25) is 5.02 Å². The Labute approximate surface area is 173 Å². The van der Waals surface area contributed by atoms with Gasteiger partial charge in [0.1, 0.15) is 6.61 Å². The summed E-state index contributed by atoms with van der Waals surface area (Å²) in [5.74, 6) is 2.16. The average molecular weight is 417 g/mol. The Balaban J connectivity index is 1.90. The smallest absolute Gasteiger partial charge is 0.216 e. The van der Waals surface area contributed by atoms with E-state index in [2.05, 4.69) is 15.3 Å². The van der Waals surface area contributed by atoms with Crippen LogP contribution in [0.25, 0.3) is 0 Å². The van der Waals surface area contributed by atoms with E-state index in [0.717, 1.165) is 17.0 Å². The summed E-state index contributed by atoms with van der Waals surface area (Å²) in [7, 11) is 1.61. The second-order valence-electron chi connectivity index (χ2n) is 6.39. The molecule has 2 aromatic carbocycles. The van der Waals surface area contributed by atoms with Gasteiger partial charge in [-0.2, -0.15) is 14.9 Å². The highest BCUT2D eigenvalue weighted by Crippen LogP contribution is 2.31. The summed E-state index contributed by atoms with van der Waals surface area (Å²) in [5.41, 5.74) is 1.77. The van der Waals surface area contributed by atoms with Crippen molar-refractivity contribution < 1.29 is 9.47 Å². The van der Waals surface area contributed by atoms with E-state index in [-0.39, 0.29) is 5.92 Å². The van der Waals surface area contributed by atoms with Gasteiger partial charge in [0.2, 0.25) is 4.77 Å². The quantitative estimate of drug-likeness (QED) is 0.425. The first-order valence-electron chi connectivity index (χ1n) is 8.75. The Hall–Kier alpha value is -2.64. The predicted molar refractivity (Wildman–Crippen MR) is 113 cm³/mol. The number of aromatic amines is 1. The van der Waals surface area contributed by atoms with Crippen LogP contribution in [-0.2, 0) is 6.61 Å². The van der Waals surface area contributed by atoms with E-state index in [1.165, 1.54) is 0 Å². The highest BCUT2D eigenvalue weighted by atomic mass is 35.5. The highest BCUT2D eigenvalue weighted by molar-refractivity contribution is 7.71. The Bertz CT molecular complexity index is 1030. The molecule has 0 fully saturated rings. The first-order valence-corrected chi connectivity index (χ1v) is 9.54. The summed E-state index contributed by atoms with van der Waals surface area (Å²) < 4.78 is 13.6. The Morgan fingerprint density at radius 2 is 2.00 bits per heavy atom. The zero-order chi connectivity index (χ0) is 20.1. The molecular weight excluding hydrogens is 396 g/mol. The molecule has 0 radical (unpaired) electrons. The Morgan fingerprint density at radius 1 is 1.25 bits per heavy atom. The molecule has 3 rings (SSSR count). The minimum atomic E-state index is 0.177. The van der Waals surface area contributed by atoms with Crippen LogP contribution in [0.15, 0.2) is 47.6 Å².